The number of pyridine rings is 1. The van der Waals surface area contributed by atoms with Gasteiger partial charge in [0.25, 0.3) is 0 Å². The Morgan fingerprint density at radius 3 is 2.75 bits per heavy atom. The van der Waals surface area contributed by atoms with Crippen LogP contribution in [-0.2, 0) is 4.79 Å². The van der Waals surface area contributed by atoms with Crippen LogP contribution in [0.4, 0.5) is 11.5 Å². The molecule has 5 nitrogen and oxygen atoms in total. The Kier molecular flexibility index (Phi) is 6.48. The molecule has 2 aromatic rings. The second-order valence-corrected chi connectivity index (χ2v) is 7.26. The number of rotatable bonds is 7. The predicted octanol–water partition coefficient (Wildman–Crippen LogP) is 4.71. The second-order valence-electron chi connectivity index (χ2n) is 7.26. The molecule has 0 bridgehead atoms. The highest BCUT2D eigenvalue weighted by Gasteiger charge is 2.17. The van der Waals surface area contributed by atoms with Crippen LogP contribution < -0.4 is 16.4 Å². The van der Waals surface area contributed by atoms with Gasteiger partial charge < -0.3 is 16.4 Å². The van der Waals surface area contributed by atoms with Crippen molar-refractivity contribution in [2.75, 3.05) is 10.6 Å². The Labute approximate surface area is 166 Å². The number of hydrogen-bond acceptors (Lipinski definition) is 4. The molecule has 1 unspecified atom stereocenters. The minimum absolute atomic E-state index is 0.0987. The zero-order valence-electron chi connectivity index (χ0n) is 16.3. The van der Waals surface area contributed by atoms with E-state index in [0.717, 1.165) is 22.8 Å². The van der Waals surface area contributed by atoms with Crippen molar-refractivity contribution in [1.82, 2.24) is 4.98 Å². The SMILES string of the molecule is C=CC(=O)Nc1cccc(-c2cccc(NC(C)/C=C(\N)C3CCCC3)n2)c1. The summed E-state index contributed by atoms with van der Waals surface area (Å²) >= 11 is 0. The summed E-state index contributed by atoms with van der Waals surface area (Å²) in [7, 11) is 0. The molecule has 0 radical (unpaired) electrons. The fourth-order valence-electron chi connectivity index (χ4n) is 3.58. The molecule has 1 heterocycles. The zero-order chi connectivity index (χ0) is 19.9. The van der Waals surface area contributed by atoms with Crippen molar-refractivity contribution in [3.8, 4) is 11.3 Å². The second kappa shape index (κ2) is 9.22. The fraction of sp³-hybridized carbons (Fsp3) is 0.304. The third kappa shape index (κ3) is 5.22. The third-order valence-electron chi connectivity index (χ3n) is 5.00. The first-order valence-electron chi connectivity index (χ1n) is 9.80. The summed E-state index contributed by atoms with van der Waals surface area (Å²) in [5.74, 6) is 1.08. The van der Waals surface area contributed by atoms with Gasteiger partial charge in [-0.3, -0.25) is 4.79 Å². The standard InChI is InChI=1S/C23H28N4O/c1-3-23(28)26-19-11-6-10-18(15-19)21-12-7-13-22(27-21)25-16(2)14-20(24)17-8-4-5-9-17/h3,6-7,10-17H,1,4-5,8-9,24H2,2H3,(H,25,27)(H,26,28)/b20-14-. The molecular formula is C23H28N4O. The van der Waals surface area contributed by atoms with Crippen molar-refractivity contribution in [2.24, 2.45) is 11.7 Å². The van der Waals surface area contributed by atoms with Gasteiger partial charge in [0.1, 0.15) is 5.82 Å². The number of hydrogen-bond donors (Lipinski definition) is 3. The topological polar surface area (TPSA) is 80.0 Å². The maximum absolute atomic E-state index is 11.5. The maximum atomic E-state index is 11.5. The predicted molar refractivity (Wildman–Crippen MR) is 116 cm³/mol. The van der Waals surface area contributed by atoms with Gasteiger partial charge in [-0.25, -0.2) is 4.98 Å². The van der Waals surface area contributed by atoms with Crippen LogP contribution in [0.3, 0.4) is 0 Å². The number of aromatic nitrogens is 1. The molecule has 5 heteroatoms. The highest BCUT2D eigenvalue weighted by molar-refractivity contribution is 5.99. The van der Waals surface area contributed by atoms with Gasteiger partial charge in [-0.15, -0.1) is 0 Å². The van der Waals surface area contributed by atoms with Crippen molar-refractivity contribution in [3.63, 3.8) is 0 Å². The van der Waals surface area contributed by atoms with E-state index in [1.807, 2.05) is 42.5 Å². The van der Waals surface area contributed by atoms with Crippen LogP contribution in [0.15, 0.2) is 66.9 Å². The molecule has 1 amide bonds. The molecule has 146 valence electrons. The monoisotopic (exact) mass is 376 g/mol. The molecular weight excluding hydrogens is 348 g/mol. The van der Waals surface area contributed by atoms with Gasteiger partial charge in [0.15, 0.2) is 0 Å². The van der Waals surface area contributed by atoms with Gasteiger partial charge in [-0.05, 0) is 62.1 Å². The largest absolute Gasteiger partial charge is 0.402 e. The van der Waals surface area contributed by atoms with Gasteiger partial charge in [0, 0.05) is 23.0 Å². The van der Waals surface area contributed by atoms with E-state index in [2.05, 4.69) is 30.2 Å². The van der Waals surface area contributed by atoms with Crippen LogP contribution in [-0.4, -0.2) is 16.9 Å². The first kappa shape index (κ1) is 19.7. The Hall–Kier alpha value is -3.08. The molecule has 0 aliphatic heterocycles. The summed E-state index contributed by atoms with van der Waals surface area (Å²) in [6, 6.07) is 13.6. The fourth-order valence-corrected chi connectivity index (χ4v) is 3.58. The number of carbonyl (C=O) groups is 1. The molecule has 1 atom stereocenters. The van der Waals surface area contributed by atoms with Crippen LogP contribution in [0.5, 0.6) is 0 Å². The summed E-state index contributed by atoms with van der Waals surface area (Å²) < 4.78 is 0. The number of allylic oxidation sites excluding steroid dienone is 1. The number of amides is 1. The number of nitrogens with two attached hydrogens (primary N) is 1. The van der Waals surface area contributed by atoms with Crippen LogP contribution in [0.1, 0.15) is 32.6 Å². The van der Waals surface area contributed by atoms with Gasteiger partial charge in [0.2, 0.25) is 5.91 Å². The van der Waals surface area contributed by atoms with Gasteiger partial charge in [0.05, 0.1) is 5.69 Å². The lowest BCUT2D eigenvalue weighted by atomic mass is 10.0. The van der Waals surface area contributed by atoms with E-state index < -0.39 is 0 Å². The van der Waals surface area contributed by atoms with Crippen LogP contribution in [0, 0.1) is 5.92 Å². The number of nitrogens with zero attached hydrogens (tertiary/aromatic N) is 1. The molecule has 1 aromatic heterocycles. The zero-order valence-corrected chi connectivity index (χ0v) is 16.3. The Morgan fingerprint density at radius 1 is 1.25 bits per heavy atom. The highest BCUT2D eigenvalue weighted by Crippen LogP contribution is 2.29. The average molecular weight is 377 g/mol. The summed E-state index contributed by atoms with van der Waals surface area (Å²) in [6.07, 6.45) is 8.30. The summed E-state index contributed by atoms with van der Waals surface area (Å²) in [4.78, 5) is 16.2. The van der Waals surface area contributed by atoms with Crippen molar-refractivity contribution in [3.05, 3.63) is 66.9 Å². The van der Waals surface area contributed by atoms with Crippen molar-refractivity contribution in [1.29, 1.82) is 0 Å². The van der Waals surface area contributed by atoms with E-state index in [1.54, 1.807) is 0 Å². The van der Waals surface area contributed by atoms with Gasteiger partial charge in [-0.2, -0.15) is 0 Å². The molecule has 0 spiro atoms. The molecule has 0 saturated heterocycles. The van der Waals surface area contributed by atoms with Crippen LogP contribution in [0.2, 0.25) is 0 Å². The van der Waals surface area contributed by atoms with E-state index in [9.17, 15) is 4.79 Å². The molecule has 1 aliphatic carbocycles. The van der Waals surface area contributed by atoms with Gasteiger partial charge in [-0.1, -0.05) is 37.6 Å². The average Bonchev–Trinajstić information content (AvgIpc) is 3.23. The Morgan fingerprint density at radius 2 is 2.00 bits per heavy atom. The lowest BCUT2D eigenvalue weighted by Gasteiger charge is -2.15. The summed E-state index contributed by atoms with van der Waals surface area (Å²) in [5, 5.41) is 6.19. The number of nitrogens with one attached hydrogen (secondary N) is 2. The molecule has 1 fully saturated rings. The quantitative estimate of drug-likeness (QED) is 0.612. The van der Waals surface area contributed by atoms with E-state index in [4.69, 9.17) is 10.7 Å². The molecule has 1 aromatic carbocycles. The number of anilines is 2. The molecule has 1 aliphatic rings. The minimum Gasteiger partial charge on any atom is -0.402 e. The first-order chi connectivity index (χ1) is 13.5. The third-order valence-corrected chi connectivity index (χ3v) is 5.00. The normalized spacial score (nSPS) is 15.8. The maximum Gasteiger partial charge on any atom is 0.247 e. The summed E-state index contributed by atoms with van der Waals surface area (Å²) in [6.45, 7) is 5.56. The molecule has 1 saturated carbocycles. The number of carbonyl (C=O) groups excluding carboxylic acids is 1. The first-order valence-corrected chi connectivity index (χ1v) is 9.80. The lowest BCUT2D eigenvalue weighted by Crippen LogP contribution is -2.18. The van der Waals surface area contributed by atoms with E-state index in [-0.39, 0.29) is 11.9 Å². The van der Waals surface area contributed by atoms with E-state index in [1.165, 1.54) is 31.8 Å². The highest BCUT2D eigenvalue weighted by atomic mass is 16.1. The van der Waals surface area contributed by atoms with Crippen LogP contribution >= 0.6 is 0 Å². The molecule has 28 heavy (non-hydrogen) atoms. The smallest absolute Gasteiger partial charge is 0.247 e. The minimum atomic E-state index is -0.235. The van der Waals surface area contributed by atoms with E-state index >= 15 is 0 Å². The van der Waals surface area contributed by atoms with Crippen molar-refractivity contribution in [2.45, 2.75) is 38.6 Å². The van der Waals surface area contributed by atoms with Crippen LogP contribution in [0.25, 0.3) is 11.3 Å². The van der Waals surface area contributed by atoms with Crippen molar-refractivity contribution >= 4 is 17.4 Å². The van der Waals surface area contributed by atoms with E-state index in [0.29, 0.717) is 11.6 Å². The van der Waals surface area contributed by atoms with Gasteiger partial charge >= 0.3 is 0 Å². The molecule has 4 N–H and O–H groups in total. The Balaban J connectivity index is 1.71. The summed E-state index contributed by atoms with van der Waals surface area (Å²) in [5.41, 5.74) is 9.74. The Bertz CT molecular complexity index is 868. The lowest BCUT2D eigenvalue weighted by molar-refractivity contribution is -0.111. The molecule has 3 rings (SSSR count). The number of benzene rings is 1. The van der Waals surface area contributed by atoms with Crippen molar-refractivity contribution < 1.29 is 4.79 Å².